The minimum absolute atomic E-state index is 0.0955. The zero-order chi connectivity index (χ0) is 15.3. The Morgan fingerprint density at radius 3 is 2.67 bits per heavy atom. The van der Waals surface area contributed by atoms with Crippen molar-refractivity contribution < 1.29 is 17.9 Å². The molecule has 1 heterocycles. The van der Waals surface area contributed by atoms with E-state index in [2.05, 4.69) is 9.30 Å². The number of hydrogen-bond donors (Lipinski definition) is 1. The van der Waals surface area contributed by atoms with Crippen LogP contribution in [0.4, 0.5) is 13.2 Å². The van der Waals surface area contributed by atoms with Crippen molar-refractivity contribution in [3.63, 3.8) is 0 Å². The van der Waals surface area contributed by atoms with Crippen LogP contribution in [0, 0.1) is 0 Å². The fourth-order valence-electron chi connectivity index (χ4n) is 2.39. The predicted octanol–water partition coefficient (Wildman–Crippen LogP) is 3.11. The number of halogens is 3. The van der Waals surface area contributed by atoms with E-state index in [0.717, 1.165) is 17.3 Å². The van der Waals surface area contributed by atoms with Gasteiger partial charge in [-0.2, -0.15) is 13.2 Å². The lowest BCUT2D eigenvalue weighted by Gasteiger charge is -2.08. The molecule has 0 saturated carbocycles. The molecule has 3 nitrogen and oxygen atoms in total. The second-order valence-electron chi connectivity index (χ2n) is 4.92. The third-order valence-corrected chi connectivity index (χ3v) is 3.24. The summed E-state index contributed by atoms with van der Waals surface area (Å²) in [6, 6.07) is 7.97. The number of fused-ring (bicyclic) bond motifs is 1. The van der Waals surface area contributed by atoms with Crippen LogP contribution in [0.2, 0.25) is 0 Å². The summed E-state index contributed by atoms with van der Waals surface area (Å²) in [5.74, 6) is 0. The number of aryl methyl sites for hydroxylation is 1. The van der Waals surface area contributed by atoms with Gasteiger partial charge in [0.1, 0.15) is 6.61 Å². The van der Waals surface area contributed by atoms with Crippen LogP contribution in [0.25, 0.3) is 10.9 Å². The number of aromatic nitrogens is 1. The fraction of sp³-hybridized carbons (Fsp3) is 0.467. The number of hydrogen-bond acceptors (Lipinski definition) is 2. The molecule has 0 unspecified atom stereocenters. The summed E-state index contributed by atoms with van der Waals surface area (Å²) >= 11 is 0. The maximum Gasteiger partial charge on any atom is 0.411 e. The van der Waals surface area contributed by atoms with E-state index in [4.69, 9.17) is 5.73 Å². The molecule has 0 amide bonds. The molecule has 0 aliphatic heterocycles. The predicted molar refractivity (Wildman–Crippen MR) is 76.2 cm³/mol. The molecule has 1 aromatic carbocycles. The Balaban J connectivity index is 1.96. The molecule has 6 heteroatoms. The largest absolute Gasteiger partial charge is 0.411 e. The Labute approximate surface area is 121 Å². The molecule has 0 bridgehead atoms. The summed E-state index contributed by atoms with van der Waals surface area (Å²) in [6.07, 6.45) is -0.898. The molecular weight excluding hydrogens is 281 g/mol. The van der Waals surface area contributed by atoms with Gasteiger partial charge < -0.3 is 15.0 Å². The molecule has 1 aromatic heterocycles. The molecule has 0 radical (unpaired) electrons. The summed E-state index contributed by atoms with van der Waals surface area (Å²) in [5, 5.41) is 1.15. The lowest BCUT2D eigenvalue weighted by atomic mass is 10.1. The number of alkyl halides is 3. The van der Waals surface area contributed by atoms with Gasteiger partial charge in [-0.15, -0.1) is 0 Å². The maximum atomic E-state index is 12.0. The molecule has 116 valence electrons. The molecule has 0 aliphatic carbocycles. The molecule has 0 fully saturated rings. The first kappa shape index (κ1) is 15.9. The van der Waals surface area contributed by atoms with Crippen molar-refractivity contribution in [1.29, 1.82) is 0 Å². The second-order valence-corrected chi connectivity index (χ2v) is 4.92. The quantitative estimate of drug-likeness (QED) is 0.798. The smallest absolute Gasteiger partial charge is 0.372 e. The van der Waals surface area contributed by atoms with Crippen LogP contribution in [0.15, 0.2) is 30.5 Å². The van der Waals surface area contributed by atoms with Crippen LogP contribution in [0.5, 0.6) is 0 Å². The molecule has 21 heavy (non-hydrogen) atoms. The Bertz CT molecular complexity index is 578. The number of para-hydroxylation sites is 1. The van der Waals surface area contributed by atoms with Gasteiger partial charge >= 0.3 is 6.18 Å². The molecule has 2 N–H and O–H groups in total. The summed E-state index contributed by atoms with van der Waals surface area (Å²) in [5.41, 5.74) is 7.86. The van der Waals surface area contributed by atoms with Crippen molar-refractivity contribution in [2.45, 2.75) is 25.6 Å². The minimum Gasteiger partial charge on any atom is -0.372 e. The van der Waals surface area contributed by atoms with E-state index in [-0.39, 0.29) is 6.61 Å². The highest BCUT2D eigenvalue weighted by molar-refractivity contribution is 5.84. The second kappa shape index (κ2) is 6.95. The van der Waals surface area contributed by atoms with Gasteiger partial charge in [-0.3, -0.25) is 0 Å². The highest BCUT2D eigenvalue weighted by atomic mass is 19.4. The third-order valence-electron chi connectivity index (χ3n) is 3.24. The summed E-state index contributed by atoms with van der Waals surface area (Å²) < 4.78 is 42.6. The molecule has 0 atom stereocenters. The van der Waals surface area contributed by atoms with Crippen LogP contribution in [0.3, 0.4) is 0 Å². The maximum absolute atomic E-state index is 12.0. The molecule has 0 aliphatic rings. The molecule has 0 saturated heterocycles. The zero-order valence-corrected chi connectivity index (χ0v) is 11.7. The van der Waals surface area contributed by atoms with E-state index in [1.807, 2.05) is 30.5 Å². The number of benzene rings is 1. The number of rotatable bonds is 7. The van der Waals surface area contributed by atoms with Crippen LogP contribution in [-0.4, -0.2) is 30.5 Å². The van der Waals surface area contributed by atoms with Gasteiger partial charge in [-0.25, -0.2) is 0 Å². The summed E-state index contributed by atoms with van der Waals surface area (Å²) in [7, 11) is 0. The first-order valence-electron chi connectivity index (χ1n) is 6.92. The normalized spacial score (nSPS) is 12.2. The van der Waals surface area contributed by atoms with E-state index in [1.165, 1.54) is 5.56 Å². The van der Waals surface area contributed by atoms with E-state index in [1.54, 1.807) is 0 Å². The fourth-order valence-corrected chi connectivity index (χ4v) is 2.39. The van der Waals surface area contributed by atoms with Crippen molar-refractivity contribution in [2.75, 3.05) is 19.8 Å². The van der Waals surface area contributed by atoms with Gasteiger partial charge in [0.05, 0.1) is 0 Å². The van der Waals surface area contributed by atoms with E-state index < -0.39 is 12.8 Å². The first-order valence-corrected chi connectivity index (χ1v) is 6.92. The highest BCUT2D eigenvalue weighted by Gasteiger charge is 2.27. The lowest BCUT2D eigenvalue weighted by molar-refractivity contribution is -0.174. The van der Waals surface area contributed by atoms with Crippen LogP contribution < -0.4 is 5.73 Å². The Morgan fingerprint density at radius 2 is 1.95 bits per heavy atom. The van der Waals surface area contributed by atoms with E-state index >= 15 is 0 Å². The number of nitrogens with zero attached hydrogens (tertiary/aromatic N) is 1. The Kier molecular flexibility index (Phi) is 5.25. The average molecular weight is 300 g/mol. The van der Waals surface area contributed by atoms with Gasteiger partial charge in [0.2, 0.25) is 0 Å². The molecule has 2 aromatic rings. The van der Waals surface area contributed by atoms with Gasteiger partial charge in [0, 0.05) is 30.3 Å². The Hall–Kier alpha value is -1.53. The molecule has 0 spiro atoms. The third kappa shape index (κ3) is 4.47. The van der Waals surface area contributed by atoms with E-state index in [0.29, 0.717) is 19.5 Å². The number of nitrogens with two attached hydrogens (primary N) is 1. The standard InChI is InChI=1S/C15H19F3N2O/c16-15(17,18)11-21-9-3-8-20-10-12(6-7-19)13-4-1-2-5-14(13)20/h1-2,4-5,10H,3,6-9,11,19H2. The van der Waals surface area contributed by atoms with Gasteiger partial charge in [0.15, 0.2) is 0 Å². The summed E-state index contributed by atoms with van der Waals surface area (Å²) in [4.78, 5) is 0. The lowest BCUT2D eigenvalue weighted by Crippen LogP contribution is -2.17. The molecular formula is C15H19F3N2O. The number of ether oxygens (including phenoxy) is 1. The molecule has 2 rings (SSSR count). The van der Waals surface area contributed by atoms with Crippen molar-refractivity contribution in [1.82, 2.24) is 4.57 Å². The topological polar surface area (TPSA) is 40.2 Å². The van der Waals surface area contributed by atoms with Gasteiger partial charge in [-0.05, 0) is 31.0 Å². The first-order chi connectivity index (χ1) is 10.0. The highest BCUT2D eigenvalue weighted by Crippen LogP contribution is 2.22. The van der Waals surface area contributed by atoms with Crippen molar-refractivity contribution in [3.05, 3.63) is 36.0 Å². The monoisotopic (exact) mass is 300 g/mol. The summed E-state index contributed by atoms with van der Waals surface area (Å²) in [6.45, 7) is 0.113. The minimum atomic E-state index is -4.26. The zero-order valence-electron chi connectivity index (χ0n) is 11.7. The van der Waals surface area contributed by atoms with Crippen molar-refractivity contribution in [3.8, 4) is 0 Å². The Morgan fingerprint density at radius 1 is 1.19 bits per heavy atom. The van der Waals surface area contributed by atoms with Crippen LogP contribution in [0.1, 0.15) is 12.0 Å². The van der Waals surface area contributed by atoms with Gasteiger partial charge in [0.25, 0.3) is 0 Å². The SMILES string of the molecule is NCCc1cn(CCCOCC(F)(F)F)c2ccccc12. The van der Waals surface area contributed by atoms with E-state index in [9.17, 15) is 13.2 Å². The van der Waals surface area contributed by atoms with Crippen molar-refractivity contribution in [2.24, 2.45) is 5.73 Å². The van der Waals surface area contributed by atoms with Crippen molar-refractivity contribution >= 4 is 10.9 Å². The average Bonchev–Trinajstić information content (AvgIpc) is 2.77. The van der Waals surface area contributed by atoms with Gasteiger partial charge in [-0.1, -0.05) is 18.2 Å². The van der Waals surface area contributed by atoms with Crippen LogP contribution in [-0.2, 0) is 17.7 Å². The van der Waals surface area contributed by atoms with Crippen LogP contribution >= 0.6 is 0 Å².